The molecule has 120 valence electrons. The fourth-order valence-electron chi connectivity index (χ4n) is 6.30. The molecule has 0 amide bonds. The second-order valence-electron chi connectivity index (χ2n) is 8.53. The van der Waals surface area contributed by atoms with Crippen molar-refractivity contribution in [1.29, 1.82) is 0 Å². The third-order valence-electron chi connectivity index (χ3n) is 7.69. The highest BCUT2D eigenvalue weighted by atomic mass is 16.3. The second kappa shape index (κ2) is 4.53. The number of Topliss-reactive ketones (excluding diaryl/α,β-unsaturated/α-hetero) is 1. The topological polar surface area (TPSA) is 54.4 Å². The summed E-state index contributed by atoms with van der Waals surface area (Å²) in [6.45, 7) is 4.43. The Hall–Kier alpha value is -0.960. The molecule has 3 heteroatoms. The van der Waals surface area contributed by atoms with Crippen molar-refractivity contribution in [1.82, 2.24) is 0 Å². The van der Waals surface area contributed by atoms with Crippen LogP contribution in [-0.4, -0.2) is 22.8 Å². The summed E-state index contributed by atoms with van der Waals surface area (Å²) in [5, 5.41) is 10.8. The monoisotopic (exact) mass is 302 g/mol. The number of carbonyl (C=O) groups is 2. The second-order valence-corrected chi connectivity index (χ2v) is 8.53. The van der Waals surface area contributed by atoms with E-state index in [2.05, 4.69) is 13.8 Å². The van der Waals surface area contributed by atoms with Crippen molar-refractivity contribution in [3.05, 3.63) is 11.6 Å². The zero-order valence-corrected chi connectivity index (χ0v) is 13.6. The molecule has 0 saturated heterocycles. The zero-order chi connectivity index (χ0) is 15.7. The molecule has 0 radical (unpaired) electrons. The molecule has 0 heterocycles. The average molecular weight is 302 g/mol. The summed E-state index contributed by atoms with van der Waals surface area (Å²) < 4.78 is 0. The first-order valence-electron chi connectivity index (χ1n) is 8.81. The van der Waals surface area contributed by atoms with E-state index in [0.717, 1.165) is 25.7 Å². The zero-order valence-electron chi connectivity index (χ0n) is 13.6. The minimum atomic E-state index is -0.384. The molecular weight excluding hydrogens is 276 g/mol. The van der Waals surface area contributed by atoms with Crippen molar-refractivity contribution in [2.24, 2.45) is 28.6 Å². The molecule has 6 atom stereocenters. The fraction of sp³-hybridized carbons (Fsp3) is 0.789. The van der Waals surface area contributed by atoms with Gasteiger partial charge < -0.3 is 5.11 Å². The fourth-order valence-corrected chi connectivity index (χ4v) is 6.30. The highest BCUT2D eigenvalue weighted by Crippen LogP contribution is 2.64. The van der Waals surface area contributed by atoms with Gasteiger partial charge in [-0.25, -0.2) is 0 Å². The number of aliphatic hydroxyl groups excluding tert-OH is 1. The number of hydrogen-bond acceptors (Lipinski definition) is 3. The van der Waals surface area contributed by atoms with Gasteiger partial charge in [-0.15, -0.1) is 0 Å². The normalized spacial score (nSPS) is 51.0. The third-order valence-corrected chi connectivity index (χ3v) is 7.69. The maximum atomic E-state index is 12.4. The van der Waals surface area contributed by atoms with Crippen LogP contribution in [0.5, 0.6) is 0 Å². The van der Waals surface area contributed by atoms with E-state index in [1.54, 1.807) is 0 Å². The van der Waals surface area contributed by atoms with E-state index in [-0.39, 0.29) is 28.6 Å². The largest absolute Gasteiger partial charge is 0.392 e. The van der Waals surface area contributed by atoms with Crippen molar-refractivity contribution in [3.63, 3.8) is 0 Å². The van der Waals surface area contributed by atoms with Gasteiger partial charge in [0.15, 0.2) is 5.78 Å². The van der Waals surface area contributed by atoms with Gasteiger partial charge in [0.25, 0.3) is 0 Å². The molecule has 0 aromatic carbocycles. The molecule has 4 aliphatic rings. The number of fused-ring (bicyclic) bond motifs is 5. The minimum absolute atomic E-state index is 0.0603. The maximum Gasteiger partial charge on any atom is 0.155 e. The van der Waals surface area contributed by atoms with E-state index in [1.165, 1.54) is 5.57 Å². The molecular formula is C19H26O3. The summed E-state index contributed by atoms with van der Waals surface area (Å²) in [4.78, 5) is 24.2. The van der Waals surface area contributed by atoms with Crippen LogP contribution in [0.15, 0.2) is 11.6 Å². The van der Waals surface area contributed by atoms with Gasteiger partial charge >= 0.3 is 0 Å². The van der Waals surface area contributed by atoms with Gasteiger partial charge in [0.1, 0.15) is 5.78 Å². The predicted molar refractivity (Wildman–Crippen MR) is 83.1 cm³/mol. The Bertz CT molecular complexity index is 577. The molecule has 3 fully saturated rings. The highest BCUT2D eigenvalue weighted by molar-refractivity contribution is 5.91. The smallest absolute Gasteiger partial charge is 0.155 e. The Morgan fingerprint density at radius 3 is 2.55 bits per heavy atom. The highest BCUT2D eigenvalue weighted by Gasteiger charge is 2.61. The Balaban J connectivity index is 1.75. The van der Waals surface area contributed by atoms with Crippen molar-refractivity contribution in [2.75, 3.05) is 0 Å². The minimum Gasteiger partial charge on any atom is -0.392 e. The standard InChI is InChI=1S/C19H26O3/c1-18-7-5-12(20)9-11(18)10-15(21)17-13-3-4-16(22)19(13,2)8-6-14(17)18/h9,13-15,17,21H,3-8,10H2,1-2H3. The number of carbonyl (C=O) groups excluding carboxylic acids is 2. The van der Waals surface area contributed by atoms with Crippen molar-refractivity contribution >= 4 is 11.6 Å². The average Bonchev–Trinajstić information content (AvgIpc) is 2.77. The molecule has 0 spiro atoms. The van der Waals surface area contributed by atoms with Gasteiger partial charge in [0.2, 0.25) is 0 Å². The third kappa shape index (κ3) is 1.72. The molecule has 3 saturated carbocycles. The summed E-state index contributed by atoms with van der Waals surface area (Å²) in [6, 6.07) is 0. The van der Waals surface area contributed by atoms with Gasteiger partial charge in [0.05, 0.1) is 6.10 Å². The lowest BCUT2D eigenvalue weighted by Crippen LogP contribution is -2.55. The lowest BCUT2D eigenvalue weighted by Gasteiger charge is -2.58. The maximum absolute atomic E-state index is 12.4. The summed E-state index contributed by atoms with van der Waals surface area (Å²) in [5.74, 6) is 1.63. The van der Waals surface area contributed by atoms with Crippen LogP contribution >= 0.6 is 0 Å². The first-order valence-corrected chi connectivity index (χ1v) is 8.81. The molecule has 4 aliphatic carbocycles. The number of rotatable bonds is 0. The SMILES string of the molecule is CC12CCC3C(C(O)CC4=CC(=O)CCC43C)C1CCC2=O. The van der Waals surface area contributed by atoms with Crippen molar-refractivity contribution in [2.45, 2.75) is 64.9 Å². The van der Waals surface area contributed by atoms with E-state index in [4.69, 9.17) is 0 Å². The van der Waals surface area contributed by atoms with Crippen LogP contribution in [0.3, 0.4) is 0 Å². The van der Waals surface area contributed by atoms with Crippen LogP contribution in [0.1, 0.15) is 58.8 Å². The number of aliphatic hydroxyl groups is 1. The van der Waals surface area contributed by atoms with E-state index >= 15 is 0 Å². The molecule has 3 nitrogen and oxygen atoms in total. The van der Waals surface area contributed by atoms with Crippen LogP contribution < -0.4 is 0 Å². The van der Waals surface area contributed by atoms with Crippen LogP contribution in [0, 0.1) is 28.6 Å². The van der Waals surface area contributed by atoms with Gasteiger partial charge in [-0.2, -0.15) is 0 Å². The predicted octanol–water partition coefficient (Wildman–Crippen LogP) is 3.06. The molecule has 0 aliphatic heterocycles. The van der Waals surface area contributed by atoms with Gasteiger partial charge in [0, 0.05) is 18.3 Å². The Labute approximate surface area is 132 Å². The Morgan fingerprint density at radius 2 is 1.77 bits per heavy atom. The van der Waals surface area contributed by atoms with E-state index in [1.807, 2.05) is 6.08 Å². The molecule has 0 aromatic rings. The van der Waals surface area contributed by atoms with Gasteiger partial charge in [-0.3, -0.25) is 9.59 Å². The summed E-state index contributed by atoms with van der Waals surface area (Å²) in [7, 11) is 0. The van der Waals surface area contributed by atoms with Crippen molar-refractivity contribution in [3.8, 4) is 0 Å². The number of ketones is 2. The number of hydrogen-bond donors (Lipinski definition) is 1. The van der Waals surface area contributed by atoms with Crippen LogP contribution in [-0.2, 0) is 9.59 Å². The first-order chi connectivity index (χ1) is 10.4. The van der Waals surface area contributed by atoms with Gasteiger partial charge in [-0.1, -0.05) is 19.4 Å². The van der Waals surface area contributed by atoms with E-state index in [9.17, 15) is 14.7 Å². The summed E-state index contributed by atoms with van der Waals surface area (Å²) >= 11 is 0. The molecule has 0 bridgehead atoms. The first kappa shape index (κ1) is 14.6. The van der Waals surface area contributed by atoms with Crippen LogP contribution in [0.4, 0.5) is 0 Å². The molecule has 4 rings (SSSR count). The summed E-state index contributed by atoms with van der Waals surface area (Å²) in [5.41, 5.74) is 1.03. The van der Waals surface area contributed by atoms with Crippen molar-refractivity contribution < 1.29 is 14.7 Å². The van der Waals surface area contributed by atoms with Crippen LogP contribution in [0.2, 0.25) is 0 Å². The van der Waals surface area contributed by atoms with Crippen LogP contribution in [0.25, 0.3) is 0 Å². The van der Waals surface area contributed by atoms with E-state index < -0.39 is 0 Å². The summed E-state index contributed by atoms with van der Waals surface area (Å²) in [6.07, 6.45) is 7.23. The quantitative estimate of drug-likeness (QED) is 0.748. The lowest BCUT2D eigenvalue weighted by molar-refractivity contribution is -0.139. The Kier molecular flexibility index (Phi) is 3.01. The Morgan fingerprint density at radius 1 is 1.05 bits per heavy atom. The van der Waals surface area contributed by atoms with Gasteiger partial charge in [-0.05, 0) is 61.3 Å². The molecule has 1 N–H and O–H groups in total. The lowest BCUT2D eigenvalue weighted by atomic mass is 9.47. The molecule has 22 heavy (non-hydrogen) atoms. The van der Waals surface area contributed by atoms with E-state index in [0.29, 0.717) is 36.9 Å². The molecule has 0 aromatic heterocycles. The molecule has 6 unspecified atom stereocenters.